The standard InChI is InChI=1S/C18H17N3O2S/c1-11-7-8-12(2)15(9-11)19-18(22)17-16(20-21-24-17)13-5-4-6-14(10-13)23-3/h4-10H,1-3H3,(H,19,22). The summed E-state index contributed by atoms with van der Waals surface area (Å²) in [7, 11) is 1.60. The van der Waals surface area contributed by atoms with Gasteiger partial charge in [0, 0.05) is 11.3 Å². The first kappa shape index (κ1) is 16.1. The summed E-state index contributed by atoms with van der Waals surface area (Å²) in [5.41, 5.74) is 4.25. The lowest BCUT2D eigenvalue weighted by Gasteiger charge is -2.09. The van der Waals surface area contributed by atoms with E-state index in [2.05, 4.69) is 14.9 Å². The number of rotatable bonds is 4. The molecule has 1 amide bonds. The van der Waals surface area contributed by atoms with E-state index in [1.807, 2.05) is 56.3 Å². The number of anilines is 1. The minimum atomic E-state index is -0.212. The maximum Gasteiger partial charge on any atom is 0.269 e. The number of ether oxygens (including phenoxy) is 1. The van der Waals surface area contributed by atoms with Crippen LogP contribution in [0.3, 0.4) is 0 Å². The fourth-order valence-corrected chi connectivity index (χ4v) is 2.93. The van der Waals surface area contributed by atoms with Crippen LogP contribution in [0.5, 0.6) is 5.75 Å². The fraction of sp³-hybridized carbons (Fsp3) is 0.167. The molecule has 6 heteroatoms. The van der Waals surface area contributed by atoms with Crippen molar-refractivity contribution < 1.29 is 9.53 Å². The molecular weight excluding hydrogens is 322 g/mol. The van der Waals surface area contributed by atoms with Crippen molar-refractivity contribution in [3.63, 3.8) is 0 Å². The number of hydrogen-bond acceptors (Lipinski definition) is 5. The van der Waals surface area contributed by atoms with Crippen LogP contribution < -0.4 is 10.1 Å². The Morgan fingerprint density at radius 3 is 2.79 bits per heavy atom. The largest absolute Gasteiger partial charge is 0.497 e. The summed E-state index contributed by atoms with van der Waals surface area (Å²) >= 11 is 1.08. The maximum absolute atomic E-state index is 12.7. The predicted octanol–water partition coefficient (Wildman–Crippen LogP) is 4.08. The third-order valence-corrected chi connectivity index (χ3v) is 4.40. The quantitative estimate of drug-likeness (QED) is 0.778. The average molecular weight is 339 g/mol. The molecule has 3 aromatic rings. The first-order valence-corrected chi connectivity index (χ1v) is 8.21. The Labute approximate surface area is 144 Å². The van der Waals surface area contributed by atoms with Gasteiger partial charge < -0.3 is 10.1 Å². The molecule has 5 nitrogen and oxygen atoms in total. The zero-order valence-electron chi connectivity index (χ0n) is 13.7. The van der Waals surface area contributed by atoms with Crippen molar-refractivity contribution in [2.75, 3.05) is 12.4 Å². The van der Waals surface area contributed by atoms with Crippen LogP contribution in [0.4, 0.5) is 5.69 Å². The number of nitrogens with zero attached hydrogens (tertiary/aromatic N) is 2. The molecule has 0 aliphatic heterocycles. The molecule has 0 aliphatic carbocycles. The van der Waals surface area contributed by atoms with Crippen LogP contribution in [0.25, 0.3) is 11.3 Å². The molecule has 1 aromatic heterocycles. The van der Waals surface area contributed by atoms with Crippen LogP contribution in [0, 0.1) is 13.8 Å². The van der Waals surface area contributed by atoms with Crippen LogP contribution in [0.15, 0.2) is 42.5 Å². The van der Waals surface area contributed by atoms with E-state index in [1.165, 1.54) is 0 Å². The summed E-state index contributed by atoms with van der Waals surface area (Å²) in [6, 6.07) is 13.4. The average Bonchev–Trinajstić information content (AvgIpc) is 3.08. The first-order chi connectivity index (χ1) is 11.6. The van der Waals surface area contributed by atoms with Gasteiger partial charge in [-0.15, -0.1) is 5.10 Å². The Morgan fingerprint density at radius 2 is 2.00 bits per heavy atom. The molecule has 2 aromatic carbocycles. The zero-order chi connectivity index (χ0) is 17.1. The monoisotopic (exact) mass is 339 g/mol. The second-order valence-electron chi connectivity index (χ2n) is 5.46. The van der Waals surface area contributed by atoms with Crippen molar-refractivity contribution >= 4 is 23.1 Å². The summed E-state index contributed by atoms with van der Waals surface area (Å²) in [6.45, 7) is 3.95. The lowest BCUT2D eigenvalue weighted by molar-refractivity contribution is 0.103. The number of carbonyl (C=O) groups excluding carboxylic acids is 1. The zero-order valence-corrected chi connectivity index (χ0v) is 14.5. The van der Waals surface area contributed by atoms with E-state index >= 15 is 0 Å². The Morgan fingerprint density at radius 1 is 1.17 bits per heavy atom. The molecule has 24 heavy (non-hydrogen) atoms. The highest BCUT2D eigenvalue weighted by Gasteiger charge is 2.19. The SMILES string of the molecule is COc1cccc(-c2nnsc2C(=O)Nc2cc(C)ccc2C)c1. The lowest BCUT2D eigenvalue weighted by Crippen LogP contribution is -2.12. The van der Waals surface area contributed by atoms with Gasteiger partial charge in [0.25, 0.3) is 5.91 Å². The van der Waals surface area contributed by atoms with Gasteiger partial charge in [0.1, 0.15) is 16.3 Å². The molecule has 0 bridgehead atoms. The number of hydrogen-bond donors (Lipinski definition) is 1. The van der Waals surface area contributed by atoms with Gasteiger partial charge in [0.15, 0.2) is 0 Å². The number of benzene rings is 2. The maximum atomic E-state index is 12.7. The summed E-state index contributed by atoms with van der Waals surface area (Å²) in [5.74, 6) is 0.498. The van der Waals surface area contributed by atoms with Gasteiger partial charge in [0.05, 0.1) is 7.11 Å². The van der Waals surface area contributed by atoms with Crippen molar-refractivity contribution in [3.05, 3.63) is 58.5 Å². The summed E-state index contributed by atoms with van der Waals surface area (Å²) in [4.78, 5) is 13.2. The van der Waals surface area contributed by atoms with E-state index in [9.17, 15) is 4.79 Å². The molecule has 0 unspecified atom stereocenters. The first-order valence-electron chi connectivity index (χ1n) is 7.44. The fourth-order valence-electron chi connectivity index (χ4n) is 2.35. The van der Waals surface area contributed by atoms with Gasteiger partial charge in [-0.05, 0) is 54.7 Å². The minimum Gasteiger partial charge on any atom is -0.497 e. The molecular formula is C18H17N3O2S. The number of amides is 1. The second-order valence-corrected chi connectivity index (χ2v) is 6.21. The highest BCUT2D eigenvalue weighted by Crippen LogP contribution is 2.28. The molecule has 0 saturated heterocycles. The number of methoxy groups -OCH3 is 1. The van der Waals surface area contributed by atoms with Crippen LogP contribution in [0.2, 0.25) is 0 Å². The third-order valence-electron chi connectivity index (χ3n) is 3.68. The Bertz CT molecular complexity index is 889. The normalized spacial score (nSPS) is 10.5. The van der Waals surface area contributed by atoms with E-state index in [-0.39, 0.29) is 5.91 Å². The van der Waals surface area contributed by atoms with E-state index in [4.69, 9.17) is 4.74 Å². The minimum absolute atomic E-state index is 0.212. The van der Waals surface area contributed by atoms with Gasteiger partial charge in [-0.3, -0.25) is 4.79 Å². The molecule has 0 saturated carbocycles. The van der Waals surface area contributed by atoms with E-state index in [0.717, 1.165) is 33.9 Å². The molecule has 3 rings (SSSR count). The van der Waals surface area contributed by atoms with Crippen LogP contribution in [-0.2, 0) is 0 Å². The predicted molar refractivity (Wildman–Crippen MR) is 95.8 cm³/mol. The van der Waals surface area contributed by atoms with Gasteiger partial charge >= 0.3 is 0 Å². The van der Waals surface area contributed by atoms with Gasteiger partial charge in [-0.2, -0.15) is 0 Å². The van der Waals surface area contributed by atoms with Gasteiger partial charge in [-0.25, -0.2) is 0 Å². The van der Waals surface area contributed by atoms with E-state index in [1.54, 1.807) is 7.11 Å². The summed E-state index contributed by atoms with van der Waals surface area (Å²) in [5, 5.41) is 7.07. The highest BCUT2D eigenvalue weighted by atomic mass is 32.1. The second kappa shape index (κ2) is 6.80. The van der Waals surface area contributed by atoms with Gasteiger partial charge in [0.2, 0.25) is 0 Å². The van der Waals surface area contributed by atoms with Gasteiger partial charge in [-0.1, -0.05) is 28.8 Å². The van der Waals surface area contributed by atoms with E-state index in [0.29, 0.717) is 16.3 Å². The molecule has 1 heterocycles. The van der Waals surface area contributed by atoms with E-state index < -0.39 is 0 Å². The molecule has 0 atom stereocenters. The number of nitrogens with one attached hydrogen (secondary N) is 1. The number of aryl methyl sites for hydroxylation is 2. The van der Waals surface area contributed by atoms with Crippen LogP contribution in [0.1, 0.15) is 20.8 Å². The summed E-state index contributed by atoms with van der Waals surface area (Å²) < 4.78 is 9.18. The number of aromatic nitrogens is 2. The smallest absolute Gasteiger partial charge is 0.269 e. The lowest BCUT2D eigenvalue weighted by atomic mass is 10.1. The van der Waals surface area contributed by atoms with Crippen molar-refractivity contribution in [2.24, 2.45) is 0 Å². The van der Waals surface area contributed by atoms with Crippen molar-refractivity contribution in [1.29, 1.82) is 0 Å². The molecule has 0 aliphatic rings. The van der Waals surface area contributed by atoms with Crippen LogP contribution >= 0.6 is 11.5 Å². The Kier molecular flexibility index (Phi) is 4.57. The Hall–Kier alpha value is -2.73. The van der Waals surface area contributed by atoms with Crippen LogP contribution in [-0.4, -0.2) is 22.6 Å². The molecule has 0 radical (unpaired) electrons. The molecule has 1 N–H and O–H groups in total. The topological polar surface area (TPSA) is 64.1 Å². The highest BCUT2D eigenvalue weighted by molar-refractivity contribution is 7.08. The third kappa shape index (κ3) is 3.28. The van der Waals surface area contributed by atoms with Crippen molar-refractivity contribution in [2.45, 2.75) is 13.8 Å². The molecule has 0 fully saturated rings. The van der Waals surface area contributed by atoms with Crippen molar-refractivity contribution in [1.82, 2.24) is 9.59 Å². The number of carbonyl (C=O) groups is 1. The molecule has 0 spiro atoms. The molecule has 122 valence electrons. The summed E-state index contributed by atoms with van der Waals surface area (Å²) in [6.07, 6.45) is 0. The van der Waals surface area contributed by atoms with Crippen molar-refractivity contribution in [3.8, 4) is 17.0 Å². The Balaban J connectivity index is 1.92.